The number of aromatic nitrogens is 1. The Kier molecular flexibility index (Phi) is 4.18. The Morgan fingerprint density at radius 1 is 1.38 bits per heavy atom. The zero-order valence-corrected chi connectivity index (χ0v) is 13.4. The molecule has 0 saturated carbocycles. The van der Waals surface area contributed by atoms with E-state index >= 15 is 0 Å². The molecule has 142 valence electrons. The summed E-state index contributed by atoms with van der Waals surface area (Å²) >= 11 is 0. The summed E-state index contributed by atoms with van der Waals surface area (Å²) in [6, 6.07) is 2.27. The first-order valence-electron chi connectivity index (χ1n) is 9.33. The van der Waals surface area contributed by atoms with Crippen LogP contribution < -0.4 is 0 Å². The van der Waals surface area contributed by atoms with E-state index in [0.29, 0.717) is 10.5 Å². The highest BCUT2D eigenvalue weighted by atomic mass is 16.7. The predicted molar refractivity (Wildman–Crippen MR) is 83.6 cm³/mol. The van der Waals surface area contributed by atoms with Crippen molar-refractivity contribution >= 4 is 11.9 Å². The number of carboxylic acid groups (broad SMARTS) is 1. The summed E-state index contributed by atoms with van der Waals surface area (Å²) < 4.78 is 33.4. The Labute approximate surface area is 152 Å². The maximum absolute atomic E-state index is 12.7. The molecule has 1 aromatic heterocycles. The number of aliphatic hydroxyl groups excluding tert-OH is 3. The number of hydrogen-bond donors (Lipinski definition) is 4. The normalized spacial score (nSPS) is 40.0. The Balaban J connectivity index is 1.83. The van der Waals surface area contributed by atoms with Gasteiger partial charge in [0.15, 0.2) is 12.4 Å². The van der Waals surface area contributed by atoms with Gasteiger partial charge in [0.25, 0.3) is 5.91 Å². The van der Waals surface area contributed by atoms with Gasteiger partial charge in [-0.1, -0.05) is 6.07 Å². The van der Waals surface area contributed by atoms with Gasteiger partial charge >= 0.3 is 5.97 Å². The van der Waals surface area contributed by atoms with E-state index in [1.54, 1.807) is 12.1 Å². The number of likely N-dealkylation sites (tertiary alicyclic amines) is 1. The second kappa shape index (κ2) is 7.25. The van der Waals surface area contributed by atoms with Crippen LogP contribution in [0.25, 0.3) is 0 Å². The van der Waals surface area contributed by atoms with Gasteiger partial charge in [-0.05, 0) is 11.6 Å². The van der Waals surface area contributed by atoms with E-state index in [1.807, 2.05) is 0 Å². The summed E-state index contributed by atoms with van der Waals surface area (Å²) in [5.41, 5.74) is 0.451. The number of carbonyl (C=O) groups excluding carboxylic acids is 1. The number of aliphatic hydroxyl groups is 3. The minimum absolute atomic E-state index is 0.133. The maximum atomic E-state index is 12.7. The number of amides is 1. The van der Waals surface area contributed by atoms with E-state index in [-0.39, 0.29) is 6.42 Å². The van der Waals surface area contributed by atoms with Gasteiger partial charge in [0.05, 0.1) is 6.04 Å². The van der Waals surface area contributed by atoms with Crippen molar-refractivity contribution in [1.82, 2.24) is 9.88 Å². The number of hydrogen-bond acceptors (Lipinski definition) is 8. The van der Waals surface area contributed by atoms with E-state index in [1.165, 1.54) is 12.4 Å². The van der Waals surface area contributed by atoms with Crippen molar-refractivity contribution in [3.63, 3.8) is 0 Å². The molecule has 0 aliphatic carbocycles. The van der Waals surface area contributed by atoms with Crippen LogP contribution in [0.15, 0.2) is 24.5 Å². The molecule has 1 unspecified atom stereocenters. The molecule has 2 fully saturated rings. The summed E-state index contributed by atoms with van der Waals surface area (Å²) in [5, 5.41) is 38.7. The number of ether oxygens (including phenoxy) is 2. The van der Waals surface area contributed by atoms with Crippen molar-refractivity contribution < 1.29 is 43.6 Å². The molecule has 10 nitrogen and oxygen atoms in total. The summed E-state index contributed by atoms with van der Waals surface area (Å²) in [6.45, 7) is -2.79. The minimum atomic E-state index is -2.79. The van der Waals surface area contributed by atoms with Crippen LogP contribution in [0.2, 0.25) is 0 Å². The number of aliphatic carboxylic acids is 1. The number of rotatable bonds is 4. The molecule has 1 aromatic rings. The third kappa shape index (κ3) is 3.29. The lowest BCUT2D eigenvalue weighted by Gasteiger charge is -2.39. The van der Waals surface area contributed by atoms with Gasteiger partial charge in [0.2, 0.25) is 0 Å². The molecule has 7 atom stereocenters. The summed E-state index contributed by atoms with van der Waals surface area (Å²) in [4.78, 5) is 28.5. The van der Waals surface area contributed by atoms with Crippen LogP contribution in [0.3, 0.4) is 0 Å². The van der Waals surface area contributed by atoms with E-state index < -0.39 is 61.7 Å². The third-order valence-electron chi connectivity index (χ3n) is 4.44. The van der Waals surface area contributed by atoms with Crippen molar-refractivity contribution in [3.05, 3.63) is 30.1 Å². The Morgan fingerprint density at radius 2 is 2.15 bits per heavy atom. The minimum Gasteiger partial charge on any atom is -0.479 e. The van der Waals surface area contributed by atoms with Gasteiger partial charge in [-0.15, -0.1) is 0 Å². The molecular formula is C16H20N2O8. The Morgan fingerprint density at radius 3 is 2.77 bits per heavy atom. The second-order valence-corrected chi connectivity index (χ2v) is 6.11. The topological polar surface area (TPSA) is 150 Å². The van der Waals surface area contributed by atoms with Crippen LogP contribution in [-0.2, 0) is 19.1 Å². The number of likely N-dealkylation sites (N-methyl/N-ethyl adjacent to an activating group) is 1. The van der Waals surface area contributed by atoms with Crippen molar-refractivity contribution in [2.24, 2.45) is 0 Å². The number of carboxylic acids is 1. The molecule has 0 bridgehead atoms. The van der Waals surface area contributed by atoms with E-state index in [0.717, 1.165) is 0 Å². The van der Waals surface area contributed by atoms with Crippen LogP contribution in [-0.4, -0.2) is 86.0 Å². The predicted octanol–water partition coefficient (Wildman–Crippen LogP) is -1.74. The Hall–Kier alpha value is -2.11. The van der Waals surface area contributed by atoms with Gasteiger partial charge in [-0.25, -0.2) is 4.79 Å². The van der Waals surface area contributed by atoms with Crippen LogP contribution in [0.5, 0.6) is 0 Å². The van der Waals surface area contributed by atoms with Gasteiger partial charge < -0.3 is 34.8 Å². The van der Waals surface area contributed by atoms with E-state index in [4.69, 9.17) is 18.7 Å². The van der Waals surface area contributed by atoms with Crippen molar-refractivity contribution in [2.45, 2.75) is 49.3 Å². The fraction of sp³-hybridized carbons (Fsp3) is 0.562. The first-order chi connectivity index (χ1) is 13.5. The van der Waals surface area contributed by atoms with Crippen LogP contribution in [0, 0.1) is 0 Å². The molecule has 2 aliphatic rings. The molecule has 0 spiro atoms. The maximum Gasteiger partial charge on any atom is 0.335 e. The zero-order valence-electron chi connectivity index (χ0n) is 16.4. The van der Waals surface area contributed by atoms with Gasteiger partial charge in [-0.2, -0.15) is 0 Å². The Bertz CT molecular complexity index is 764. The van der Waals surface area contributed by atoms with Gasteiger partial charge in [0.1, 0.15) is 24.4 Å². The number of pyridine rings is 1. The highest BCUT2D eigenvalue weighted by Crippen LogP contribution is 2.34. The molecule has 0 aromatic carbocycles. The first kappa shape index (κ1) is 15.0. The molecule has 10 heteroatoms. The summed E-state index contributed by atoms with van der Waals surface area (Å²) in [7, 11) is 0. The average molecular weight is 371 g/mol. The standard InChI is InChI=1S/C16H20N2O8/c1-18-8(7-3-2-4-17-6-7)5-9(14(18)22)25-16-12(21)10(19)11(20)13(26-16)15(23)24/h2-4,6,8-13,16,19-21H,5H2,1H3,(H,23,24)/t8-,9+,10-,11-,12-,13?,16+/m0/s1/i1D3. The fourth-order valence-corrected chi connectivity index (χ4v) is 3.02. The average Bonchev–Trinajstić information content (AvgIpc) is 2.99. The molecule has 0 radical (unpaired) electrons. The lowest BCUT2D eigenvalue weighted by molar-refractivity contribution is -0.301. The monoisotopic (exact) mass is 371 g/mol. The van der Waals surface area contributed by atoms with E-state index in [2.05, 4.69) is 4.98 Å². The quantitative estimate of drug-likeness (QED) is 0.484. The van der Waals surface area contributed by atoms with Crippen molar-refractivity contribution in [1.29, 1.82) is 0 Å². The SMILES string of the molecule is [2H]C([2H])([2H])N1C(=O)[C@H](O[C@@H]2OC(C(=O)O)[C@@H](O)[C@H](O)[C@@H]2O)C[C@H]1c1cccnc1. The highest BCUT2D eigenvalue weighted by Gasteiger charge is 2.50. The van der Waals surface area contributed by atoms with Gasteiger partial charge in [0, 0.05) is 29.9 Å². The molecule has 3 rings (SSSR count). The molecular weight excluding hydrogens is 348 g/mol. The summed E-state index contributed by atoms with van der Waals surface area (Å²) in [5.74, 6) is -2.52. The first-order valence-corrected chi connectivity index (χ1v) is 7.83. The van der Waals surface area contributed by atoms with Crippen LogP contribution >= 0.6 is 0 Å². The lowest BCUT2D eigenvalue weighted by Crippen LogP contribution is -2.61. The van der Waals surface area contributed by atoms with Crippen molar-refractivity contribution in [3.8, 4) is 0 Å². The van der Waals surface area contributed by atoms with E-state index in [9.17, 15) is 24.9 Å². The molecule has 2 saturated heterocycles. The summed E-state index contributed by atoms with van der Waals surface area (Å²) in [6.07, 6.45) is -7.97. The van der Waals surface area contributed by atoms with Crippen LogP contribution in [0.4, 0.5) is 0 Å². The molecule has 2 aliphatic heterocycles. The smallest absolute Gasteiger partial charge is 0.335 e. The second-order valence-electron chi connectivity index (χ2n) is 6.11. The molecule has 3 heterocycles. The lowest BCUT2D eigenvalue weighted by atomic mass is 9.99. The molecule has 1 amide bonds. The molecule has 4 N–H and O–H groups in total. The van der Waals surface area contributed by atoms with Gasteiger partial charge in [-0.3, -0.25) is 9.78 Å². The van der Waals surface area contributed by atoms with Crippen LogP contribution in [0.1, 0.15) is 22.1 Å². The fourth-order valence-electron chi connectivity index (χ4n) is 3.02. The zero-order chi connectivity index (χ0) is 21.5. The number of carbonyl (C=O) groups is 2. The molecule has 26 heavy (non-hydrogen) atoms. The largest absolute Gasteiger partial charge is 0.479 e. The third-order valence-corrected chi connectivity index (χ3v) is 4.44. The van der Waals surface area contributed by atoms with Crippen molar-refractivity contribution in [2.75, 3.05) is 6.98 Å². The number of nitrogens with zero attached hydrogens (tertiary/aromatic N) is 2. The highest BCUT2D eigenvalue weighted by molar-refractivity contribution is 5.83.